The van der Waals surface area contributed by atoms with Gasteiger partial charge in [0.1, 0.15) is 17.4 Å². The third-order valence-electron chi connectivity index (χ3n) is 4.68. The lowest BCUT2D eigenvalue weighted by Crippen LogP contribution is -2.13. The number of amides is 1. The number of halogens is 1. The normalized spacial score (nSPS) is 11.0. The number of benzene rings is 3. The van der Waals surface area contributed by atoms with Crippen LogP contribution >= 0.6 is 11.6 Å². The van der Waals surface area contributed by atoms with Crippen molar-refractivity contribution in [3.05, 3.63) is 99.6 Å². The van der Waals surface area contributed by atoms with Crippen LogP contribution in [0.4, 0.5) is 5.69 Å². The van der Waals surface area contributed by atoms with Gasteiger partial charge in [0.15, 0.2) is 0 Å². The zero-order chi connectivity index (χ0) is 22.2. The Hall–Kier alpha value is -3.55. The van der Waals surface area contributed by atoms with E-state index in [9.17, 15) is 10.1 Å². The highest BCUT2D eigenvalue weighted by atomic mass is 35.5. The van der Waals surface area contributed by atoms with Crippen LogP contribution in [0, 0.1) is 18.3 Å². The van der Waals surface area contributed by atoms with Gasteiger partial charge in [-0.3, -0.25) is 4.79 Å². The summed E-state index contributed by atoms with van der Waals surface area (Å²) in [5.41, 5.74) is 4.38. The molecule has 0 heterocycles. The molecule has 3 aromatic rings. The highest BCUT2D eigenvalue weighted by Gasteiger charge is 2.12. The van der Waals surface area contributed by atoms with Gasteiger partial charge in [0.05, 0.1) is 6.61 Å². The molecule has 3 rings (SSSR count). The minimum atomic E-state index is -0.453. The Labute approximate surface area is 187 Å². The van der Waals surface area contributed by atoms with Crippen molar-refractivity contribution in [3.8, 4) is 11.8 Å². The van der Waals surface area contributed by atoms with Gasteiger partial charge < -0.3 is 10.1 Å². The molecule has 3 aromatic carbocycles. The average Bonchev–Trinajstić information content (AvgIpc) is 2.75. The number of hydrogen-bond acceptors (Lipinski definition) is 3. The molecule has 5 heteroatoms. The van der Waals surface area contributed by atoms with Crippen molar-refractivity contribution in [3.63, 3.8) is 0 Å². The van der Waals surface area contributed by atoms with Crippen LogP contribution in [0.5, 0.6) is 5.75 Å². The van der Waals surface area contributed by atoms with Crippen LogP contribution in [0.2, 0.25) is 5.02 Å². The van der Waals surface area contributed by atoms with Crippen LogP contribution < -0.4 is 10.1 Å². The summed E-state index contributed by atoms with van der Waals surface area (Å²) < 4.78 is 5.82. The summed E-state index contributed by atoms with van der Waals surface area (Å²) in [6.45, 7) is 4.36. The lowest BCUT2D eigenvalue weighted by Gasteiger charge is -2.12. The van der Waals surface area contributed by atoms with E-state index in [-0.39, 0.29) is 5.57 Å². The van der Waals surface area contributed by atoms with E-state index < -0.39 is 5.91 Å². The predicted octanol–water partition coefficient (Wildman–Crippen LogP) is 6.18. The standard InChI is InChI=1S/C26H23ClN2O2/c1-3-31-25-15-19(11-12-21(25)16-20-8-4-5-10-24(20)27)14-22(17-28)26(30)29-23-9-6-7-18(2)13-23/h4-15H,3,16H2,1-2H3,(H,29,30)/b22-14+. The van der Waals surface area contributed by atoms with E-state index in [1.807, 2.05) is 80.6 Å². The monoisotopic (exact) mass is 430 g/mol. The number of ether oxygens (including phenoxy) is 1. The Kier molecular flexibility index (Phi) is 7.48. The van der Waals surface area contributed by atoms with E-state index in [0.717, 1.165) is 16.7 Å². The summed E-state index contributed by atoms with van der Waals surface area (Å²) in [7, 11) is 0. The third kappa shape index (κ3) is 5.97. The molecule has 1 amide bonds. The van der Waals surface area contributed by atoms with E-state index in [1.165, 1.54) is 0 Å². The molecule has 0 radical (unpaired) electrons. The molecule has 31 heavy (non-hydrogen) atoms. The van der Waals surface area contributed by atoms with Crippen molar-refractivity contribution in [2.45, 2.75) is 20.3 Å². The number of rotatable bonds is 7. The van der Waals surface area contributed by atoms with Crippen molar-refractivity contribution >= 4 is 29.3 Å². The molecule has 0 saturated carbocycles. The van der Waals surface area contributed by atoms with Crippen LogP contribution in [-0.2, 0) is 11.2 Å². The van der Waals surface area contributed by atoms with Gasteiger partial charge >= 0.3 is 0 Å². The minimum absolute atomic E-state index is 0.0165. The molecule has 0 atom stereocenters. The number of nitrogens with zero attached hydrogens (tertiary/aromatic N) is 1. The fourth-order valence-electron chi connectivity index (χ4n) is 3.18. The quantitative estimate of drug-likeness (QED) is 0.359. The predicted molar refractivity (Wildman–Crippen MR) is 125 cm³/mol. The first-order valence-corrected chi connectivity index (χ1v) is 10.4. The summed E-state index contributed by atoms with van der Waals surface area (Å²) >= 11 is 6.30. The molecular weight excluding hydrogens is 408 g/mol. The Balaban J connectivity index is 1.86. The largest absolute Gasteiger partial charge is 0.494 e. The molecule has 0 bridgehead atoms. The number of anilines is 1. The van der Waals surface area contributed by atoms with Gasteiger partial charge in [-0.2, -0.15) is 5.26 Å². The van der Waals surface area contributed by atoms with Crippen LogP contribution in [0.15, 0.2) is 72.3 Å². The number of nitriles is 1. The topological polar surface area (TPSA) is 62.1 Å². The Bertz CT molecular complexity index is 1160. The van der Waals surface area contributed by atoms with Gasteiger partial charge in [-0.1, -0.05) is 54.1 Å². The maximum Gasteiger partial charge on any atom is 0.266 e. The van der Waals surface area contributed by atoms with Crippen LogP contribution in [0.1, 0.15) is 29.2 Å². The van der Waals surface area contributed by atoms with Crippen molar-refractivity contribution in [1.29, 1.82) is 5.26 Å². The molecule has 0 spiro atoms. The molecule has 4 nitrogen and oxygen atoms in total. The fraction of sp³-hybridized carbons (Fsp3) is 0.154. The molecule has 156 valence electrons. The maximum absolute atomic E-state index is 12.6. The Morgan fingerprint density at radius 2 is 1.90 bits per heavy atom. The molecular formula is C26H23ClN2O2. The zero-order valence-electron chi connectivity index (χ0n) is 17.5. The third-order valence-corrected chi connectivity index (χ3v) is 5.05. The fourth-order valence-corrected chi connectivity index (χ4v) is 3.38. The van der Waals surface area contributed by atoms with Crippen molar-refractivity contribution < 1.29 is 9.53 Å². The summed E-state index contributed by atoms with van der Waals surface area (Å²) in [4.78, 5) is 12.6. The molecule has 0 aliphatic carbocycles. The molecule has 0 unspecified atom stereocenters. The molecule has 0 aliphatic heterocycles. The average molecular weight is 431 g/mol. The zero-order valence-corrected chi connectivity index (χ0v) is 18.2. The van der Waals surface area contributed by atoms with Crippen LogP contribution in [0.25, 0.3) is 6.08 Å². The number of aryl methyl sites for hydroxylation is 1. The number of carbonyl (C=O) groups excluding carboxylic acids is 1. The molecule has 0 aromatic heterocycles. The second kappa shape index (κ2) is 10.5. The van der Waals surface area contributed by atoms with Crippen LogP contribution in [0.3, 0.4) is 0 Å². The van der Waals surface area contributed by atoms with Gasteiger partial charge in [0, 0.05) is 17.1 Å². The first kappa shape index (κ1) is 22.1. The van der Waals surface area contributed by atoms with Gasteiger partial charge in [-0.15, -0.1) is 0 Å². The van der Waals surface area contributed by atoms with Gasteiger partial charge in [-0.25, -0.2) is 0 Å². The van der Waals surface area contributed by atoms with Gasteiger partial charge in [0.2, 0.25) is 0 Å². The maximum atomic E-state index is 12.6. The van der Waals surface area contributed by atoms with E-state index in [4.69, 9.17) is 16.3 Å². The molecule has 0 fully saturated rings. The second-order valence-electron chi connectivity index (χ2n) is 7.06. The smallest absolute Gasteiger partial charge is 0.266 e. The summed E-state index contributed by atoms with van der Waals surface area (Å²) in [6.07, 6.45) is 2.19. The van der Waals surface area contributed by atoms with E-state index in [0.29, 0.717) is 35.1 Å². The van der Waals surface area contributed by atoms with E-state index in [2.05, 4.69) is 5.32 Å². The molecule has 0 saturated heterocycles. The van der Waals surface area contributed by atoms with E-state index >= 15 is 0 Å². The second-order valence-corrected chi connectivity index (χ2v) is 7.47. The van der Waals surface area contributed by atoms with E-state index in [1.54, 1.807) is 12.1 Å². The number of hydrogen-bond donors (Lipinski definition) is 1. The Morgan fingerprint density at radius 1 is 1.10 bits per heavy atom. The lowest BCUT2D eigenvalue weighted by atomic mass is 10.0. The molecule has 1 N–H and O–H groups in total. The first-order valence-electron chi connectivity index (χ1n) is 9.99. The highest BCUT2D eigenvalue weighted by molar-refractivity contribution is 6.31. The SMILES string of the molecule is CCOc1cc(/C=C(\C#N)C(=O)Nc2cccc(C)c2)ccc1Cc1ccccc1Cl. The minimum Gasteiger partial charge on any atom is -0.494 e. The van der Waals surface area contributed by atoms with Crippen LogP contribution in [-0.4, -0.2) is 12.5 Å². The lowest BCUT2D eigenvalue weighted by molar-refractivity contribution is -0.112. The summed E-state index contributed by atoms with van der Waals surface area (Å²) in [5, 5.41) is 13.0. The number of carbonyl (C=O) groups is 1. The van der Waals surface area contributed by atoms with Gasteiger partial charge in [-0.05, 0) is 66.4 Å². The molecule has 0 aliphatic rings. The first-order chi connectivity index (χ1) is 15.0. The number of nitrogens with one attached hydrogen (secondary N) is 1. The Morgan fingerprint density at radius 3 is 2.61 bits per heavy atom. The van der Waals surface area contributed by atoms with Gasteiger partial charge in [0.25, 0.3) is 5.91 Å². The van der Waals surface area contributed by atoms with Crippen molar-refractivity contribution in [1.82, 2.24) is 0 Å². The van der Waals surface area contributed by atoms with Crippen molar-refractivity contribution in [2.75, 3.05) is 11.9 Å². The summed E-state index contributed by atoms with van der Waals surface area (Å²) in [5.74, 6) is 0.249. The van der Waals surface area contributed by atoms with Crippen molar-refractivity contribution in [2.24, 2.45) is 0 Å². The summed E-state index contributed by atoms with van der Waals surface area (Å²) in [6, 6.07) is 22.8. The highest BCUT2D eigenvalue weighted by Crippen LogP contribution is 2.27.